The van der Waals surface area contributed by atoms with Gasteiger partial charge >= 0.3 is 0 Å². The Morgan fingerprint density at radius 1 is 1.26 bits per heavy atom. The summed E-state index contributed by atoms with van der Waals surface area (Å²) >= 11 is 0. The van der Waals surface area contributed by atoms with Crippen LogP contribution in [0, 0.1) is 0 Å². The number of benzene rings is 1. The van der Waals surface area contributed by atoms with Gasteiger partial charge in [0.1, 0.15) is 5.76 Å². The van der Waals surface area contributed by atoms with Crippen LogP contribution in [0.3, 0.4) is 0 Å². The van der Waals surface area contributed by atoms with Gasteiger partial charge in [-0.3, -0.25) is 0 Å². The van der Waals surface area contributed by atoms with Gasteiger partial charge in [0, 0.05) is 10.9 Å². The number of hydrogen-bond donors (Lipinski definition) is 1. The number of nitrogens with one attached hydrogen (secondary N) is 1. The molecule has 1 N–H and O–H groups in total. The number of para-hydroxylation sites is 1. The molecule has 0 aliphatic heterocycles. The van der Waals surface area contributed by atoms with Gasteiger partial charge in [0.05, 0.1) is 13.7 Å². The summed E-state index contributed by atoms with van der Waals surface area (Å²) < 4.78 is 11.5. The van der Waals surface area contributed by atoms with Crippen LogP contribution in [0.25, 0.3) is 11.0 Å². The average molecular weight is 261 g/mol. The Hall–Kier alpha value is -1.48. The van der Waals surface area contributed by atoms with E-state index >= 15 is 0 Å². The Labute approximate surface area is 114 Å². The molecule has 2 rings (SSSR count). The van der Waals surface area contributed by atoms with Crippen molar-refractivity contribution in [2.24, 2.45) is 0 Å². The second-order valence-corrected chi connectivity index (χ2v) is 5.77. The van der Waals surface area contributed by atoms with Crippen LogP contribution in [-0.2, 0) is 12.0 Å². The van der Waals surface area contributed by atoms with Crippen molar-refractivity contribution < 1.29 is 9.15 Å². The third-order valence-electron chi connectivity index (χ3n) is 3.26. The highest BCUT2D eigenvalue weighted by molar-refractivity contribution is 5.88. The van der Waals surface area contributed by atoms with Crippen LogP contribution in [0.2, 0.25) is 0 Å². The minimum absolute atomic E-state index is 0.0440. The summed E-state index contributed by atoms with van der Waals surface area (Å²) in [4.78, 5) is 0. The predicted octanol–water partition coefficient (Wildman–Crippen LogP) is 3.85. The third-order valence-corrected chi connectivity index (χ3v) is 3.26. The van der Waals surface area contributed by atoms with Crippen LogP contribution in [0.15, 0.2) is 22.6 Å². The Kier molecular flexibility index (Phi) is 3.85. The highest BCUT2D eigenvalue weighted by Crippen LogP contribution is 2.39. The largest absolute Gasteiger partial charge is 0.493 e. The molecule has 1 heterocycles. The average Bonchev–Trinajstić information content (AvgIpc) is 2.73. The van der Waals surface area contributed by atoms with Gasteiger partial charge in [-0.25, -0.2) is 0 Å². The van der Waals surface area contributed by atoms with E-state index in [0.29, 0.717) is 0 Å². The van der Waals surface area contributed by atoms with Crippen LogP contribution >= 0.6 is 0 Å². The topological polar surface area (TPSA) is 34.4 Å². The van der Waals surface area contributed by atoms with E-state index in [1.807, 2.05) is 12.1 Å². The first-order valence-electron chi connectivity index (χ1n) is 6.78. The molecule has 0 radical (unpaired) electrons. The van der Waals surface area contributed by atoms with Crippen LogP contribution in [0.5, 0.6) is 5.75 Å². The molecular weight excluding hydrogens is 238 g/mol. The molecule has 0 saturated carbocycles. The van der Waals surface area contributed by atoms with Crippen molar-refractivity contribution in [3.05, 3.63) is 29.5 Å². The lowest BCUT2D eigenvalue weighted by molar-refractivity contribution is 0.405. The molecule has 0 bridgehead atoms. The molecule has 0 spiro atoms. The molecule has 0 amide bonds. The molecule has 104 valence electrons. The highest BCUT2D eigenvalue weighted by Gasteiger charge is 2.26. The molecule has 3 heteroatoms. The molecule has 1 aromatic carbocycles. The minimum atomic E-state index is 0.0440. The van der Waals surface area contributed by atoms with Crippen molar-refractivity contribution in [3.8, 4) is 5.75 Å². The Bertz CT molecular complexity index is 564. The Balaban J connectivity index is 2.66. The summed E-state index contributed by atoms with van der Waals surface area (Å²) in [6.45, 7) is 10.4. The second-order valence-electron chi connectivity index (χ2n) is 5.77. The maximum atomic E-state index is 6.06. The van der Waals surface area contributed by atoms with Gasteiger partial charge in [0.15, 0.2) is 11.3 Å². The van der Waals surface area contributed by atoms with Crippen molar-refractivity contribution >= 4 is 11.0 Å². The minimum Gasteiger partial charge on any atom is -0.493 e. The smallest absolute Gasteiger partial charge is 0.176 e. The molecule has 19 heavy (non-hydrogen) atoms. The molecule has 0 fully saturated rings. The lowest BCUT2D eigenvalue weighted by Gasteiger charge is -2.19. The monoisotopic (exact) mass is 261 g/mol. The first-order chi connectivity index (χ1) is 8.99. The number of ether oxygens (including phenoxy) is 1. The first-order valence-corrected chi connectivity index (χ1v) is 6.78. The molecule has 0 saturated heterocycles. The van der Waals surface area contributed by atoms with Crippen molar-refractivity contribution in [1.82, 2.24) is 5.32 Å². The van der Waals surface area contributed by atoms with E-state index in [9.17, 15) is 0 Å². The summed E-state index contributed by atoms with van der Waals surface area (Å²) in [5, 5.41) is 4.49. The molecule has 0 atom stereocenters. The SMILES string of the molecule is CCNCc1oc2c(OC)cccc2c1C(C)(C)C. The van der Waals surface area contributed by atoms with Gasteiger partial charge in [-0.15, -0.1) is 0 Å². The molecule has 3 nitrogen and oxygen atoms in total. The first kappa shape index (κ1) is 13.9. The van der Waals surface area contributed by atoms with E-state index in [2.05, 4.69) is 39.1 Å². The molecular formula is C16H23NO2. The van der Waals surface area contributed by atoms with Gasteiger partial charge in [0.25, 0.3) is 0 Å². The van der Waals surface area contributed by atoms with E-state index in [1.165, 1.54) is 5.56 Å². The zero-order valence-corrected chi connectivity index (χ0v) is 12.5. The van der Waals surface area contributed by atoms with Crippen molar-refractivity contribution in [3.63, 3.8) is 0 Å². The van der Waals surface area contributed by atoms with Gasteiger partial charge in [-0.1, -0.05) is 39.8 Å². The van der Waals surface area contributed by atoms with E-state index in [0.717, 1.165) is 35.6 Å². The zero-order chi connectivity index (χ0) is 14.0. The van der Waals surface area contributed by atoms with E-state index < -0.39 is 0 Å². The zero-order valence-electron chi connectivity index (χ0n) is 12.5. The van der Waals surface area contributed by atoms with Gasteiger partial charge in [-0.2, -0.15) is 0 Å². The van der Waals surface area contributed by atoms with Gasteiger partial charge < -0.3 is 14.5 Å². The number of rotatable bonds is 4. The Morgan fingerprint density at radius 2 is 2.00 bits per heavy atom. The fraction of sp³-hybridized carbons (Fsp3) is 0.500. The quantitative estimate of drug-likeness (QED) is 0.907. The van der Waals surface area contributed by atoms with Gasteiger partial charge in [0.2, 0.25) is 0 Å². The summed E-state index contributed by atoms with van der Waals surface area (Å²) in [5.74, 6) is 1.81. The molecule has 0 aliphatic carbocycles. The molecule has 0 unspecified atom stereocenters. The Morgan fingerprint density at radius 3 is 2.58 bits per heavy atom. The fourth-order valence-corrected chi connectivity index (χ4v) is 2.49. The molecule has 1 aromatic heterocycles. The maximum Gasteiger partial charge on any atom is 0.176 e. The van der Waals surface area contributed by atoms with Crippen molar-refractivity contribution in [2.45, 2.75) is 39.7 Å². The number of hydrogen-bond acceptors (Lipinski definition) is 3. The third kappa shape index (κ3) is 2.61. The molecule has 0 aliphatic rings. The van der Waals surface area contributed by atoms with Crippen LogP contribution in [0.1, 0.15) is 39.0 Å². The van der Waals surface area contributed by atoms with Crippen LogP contribution < -0.4 is 10.1 Å². The second kappa shape index (κ2) is 5.25. The van der Waals surface area contributed by atoms with Crippen LogP contribution in [0.4, 0.5) is 0 Å². The van der Waals surface area contributed by atoms with Crippen molar-refractivity contribution in [1.29, 1.82) is 0 Å². The fourth-order valence-electron chi connectivity index (χ4n) is 2.49. The number of furan rings is 1. The highest BCUT2D eigenvalue weighted by atomic mass is 16.5. The summed E-state index contributed by atoms with van der Waals surface area (Å²) in [7, 11) is 1.68. The number of fused-ring (bicyclic) bond motifs is 1. The maximum absolute atomic E-state index is 6.06. The molecule has 2 aromatic rings. The summed E-state index contributed by atoms with van der Waals surface area (Å²) in [5.41, 5.74) is 2.16. The van der Waals surface area contributed by atoms with Crippen molar-refractivity contribution in [2.75, 3.05) is 13.7 Å². The number of methoxy groups -OCH3 is 1. The lowest BCUT2D eigenvalue weighted by Crippen LogP contribution is -2.18. The van der Waals surface area contributed by atoms with E-state index in [4.69, 9.17) is 9.15 Å². The normalized spacial score (nSPS) is 12.1. The van der Waals surface area contributed by atoms with Crippen LogP contribution in [-0.4, -0.2) is 13.7 Å². The summed E-state index contributed by atoms with van der Waals surface area (Å²) in [6.07, 6.45) is 0. The van der Waals surface area contributed by atoms with E-state index in [-0.39, 0.29) is 5.41 Å². The summed E-state index contributed by atoms with van der Waals surface area (Å²) in [6, 6.07) is 6.07. The predicted molar refractivity (Wildman–Crippen MR) is 78.8 cm³/mol. The van der Waals surface area contributed by atoms with Gasteiger partial charge in [-0.05, 0) is 18.0 Å². The lowest BCUT2D eigenvalue weighted by atomic mass is 9.84. The standard InChI is InChI=1S/C16H23NO2/c1-6-17-10-13-14(16(2,3)4)11-8-7-9-12(18-5)15(11)19-13/h7-9,17H,6,10H2,1-5H3. The van der Waals surface area contributed by atoms with E-state index in [1.54, 1.807) is 7.11 Å².